The molecule has 0 bridgehead atoms. The Balaban J connectivity index is 1.70. The predicted molar refractivity (Wildman–Crippen MR) is 140 cm³/mol. The summed E-state index contributed by atoms with van der Waals surface area (Å²) in [7, 11) is 1.54. The third-order valence-electron chi connectivity index (χ3n) is 6.16. The normalized spacial score (nSPS) is 15.7. The second-order valence-corrected chi connectivity index (χ2v) is 9.23. The van der Waals surface area contributed by atoms with Gasteiger partial charge in [0, 0.05) is 0 Å². The topological polar surface area (TPSA) is 89.2 Å². The van der Waals surface area contributed by atoms with Crippen LogP contribution in [0.3, 0.4) is 0 Å². The van der Waals surface area contributed by atoms with E-state index in [1.807, 2.05) is 30.3 Å². The molecule has 0 saturated heterocycles. The molecule has 4 rings (SSSR count). The molecule has 1 aliphatic rings. The number of hydrogen-bond acceptors (Lipinski definition) is 6. The van der Waals surface area contributed by atoms with Gasteiger partial charge in [0.1, 0.15) is 5.76 Å². The molecule has 2 heterocycles. The zero-order valence-electron chi connectivity index (χ0n) is 21.2. The van der Waals surface area contributed by atoms with Crippen LogP contribution in [0.15, 0.2) is 88.8 Å². The summed E-state index contributed by atoms with van der Waals surface area (Å²) < 4.78 is 16.9. The Morgan fingerprint density at radius 1 is 1.11 bits per heavy atom. The van der Waals surface area contributed by atoms with Crippen LogP contribution in [0.4, 0.5) is 0 Å². The number of methoxy groups -OCH3 is 1. The number of aliphatic hydroxyl groups is 1. The number of ketones is 1. The lowest BCUT2D eigenvalue weighted by Gasteiger charge is -2.26. The van der Waals surface area contributed by atoms with Gasteiger partial charge in [-0.1, -0.05) is 56.3 Å². The molecule has 1 aromatic heterocycles. The van der Waals surface area contributed by atoms with Gasteiger partial charge in [0.2, 0.25) is 0 Å². The van der Waals surface area contributed by atoms with Crippen LogP contribution in [0.25, 0.3) is 6.08 Å². The van der Waals surface area contributed by atoms with Gasteiger partial charge in [0.05, 0.1) is 38.1 Å². The Bertz CT molecular complexity index is 1290. The van der Waals surface area contributed by atoms with Gasteiger partial charge in [-0.25, -0.2) is 0 Å². The van der Waals surface area contributed by atoms with Gasteiger partial charge in [-0.05, 0) is 53.8 Å². The molecule has 0 spiro atoms. The van der Waals surface area contributed by atoms with Crippen LogP contribution < -0.4 is 9.47 Å². The monoisotopic (exact) mass is 501 g/mol. The number of rotatable bonds is 11. The average molecular weight is 502 g/mol. The van der Waals surface area contributed by atoms with Gasteiger partial charge >= 0.3 is 0 Å². The minimum atomic E-state index is -0.843. The minimum Gasteiger partial charge on any atom is -0.503 e. The molecule has 3 aromatic rings. The Kier molecular flexibility index (Phi) is 8.13. The summed E-state index contributed by atoms with van der Waals surface area (Å²) >= 11 is 0. The molecule has 0 fully saturated rings. The second kappa shape index (κ2) is 11.6. The first-order valence-electron chi connectivity index (χ1n) is 12.2. The minimum absolute atomic E-state index is 0.000679. The van der Waals surface area contributed by atoms with Gasteiger partial charge in [-0.3, -0.25) is 9.59 Å². The molecule has 7 nitrogen and oxygen atoms in total. The molecule has 0 saturated carbocycles. The van der Waals surface area contributed by atoms with Crippen LogP contribution in [0, 0.1) is 5.92 Å². The van der Waals surface area contributed by atoms with Crippen molar-refractivity contribution in [2.45, 2.75) is 32.9 Å². The highest BCUT2D eigenvalue weighted by Gasteiger charge is 2.43. The van der Waals surface area contributed by atoms with Crippen molar-refractivity contribution in [2.75, 3.05) is 13.7 Å². The van der Waals surface area contributed by atoms with Crippen LogP contribution in [0.1, 0.15) is 43.2 Å². The zero-order chi connectivity index (χ0) is 26.4. The van der Waals surface area contributed by atoms with Gasteiger partial charge in [-0.15, -0.1) is 0 Å². The highest BCUT2D eigenvalue weighted by molar-refractivity contribution is 6.14. The Labute approximate surface area is 216 Å². The highest BCUT2D eigenvalue weighted by atomic mass is 16.5. The molecule has 192 valence electrons. The van der Waals surface area contributed by atoms with Crippen molar-refractivity contribution < 1.29 is 28.6 Å². The maximum atomic E-state index is 13.4. The summed E-state index contributed by atoms with van der Waals surface area (Å²) in [5.74, 6) is 0.391. The standard InChI is InChI=1S/C30H31NO6/c1-20(2)15-17-37-25-14-12-22(18-26(25)35-3)28-27(24(32)13-11-21-8-5-4-6-9-21)29(33)30(34)31(28)19-23-10-7-16-36-23/h4-14,16,18,20,28,33H,15,17,19H2,1-3H3/b13-11+. The van der Waals surface area contributed by atoms with E-state index < -0.39 is 23.5 Å². The largest absolute Gasteiger partial charge is 0.503 e. The number of hydrogen-bond donors (Lipinski definition) is 1. The van der Waals surface area contributed by atoms with E-state index in [4.69, 9.17) is 13.9 Å². The first kappa shape index (κ1) is 25.8. The first-order chi connectivity index (χ1) is 17.9. The molecule has 0 radical (unpaired) electrons. The number of carbonyl (C=O) groups excluding carboxylic acids is 2. The lowest BCUT2D eigenvalue weighted by molar-refractivity contribution is -0.130. The van der Waals surface area contributed by atoms with E-state index in [2.05, 4.69) is 13.8 Å². The van der Waals surface area contributed by atoms with E-state index in [9.17, 15) is 14.7 Å². The SMILES string of the molecule is COc1cc(C2C(C(=O)/C=C/c3ccccc3)=C(O)C(=O)N2Cc2ccco2)ccc1OCCC(C)C. The van der Waals surface area contributed by atoms with E-state index in [0.29, 0.717) is 35.3 Å². The molecule has 1 unspecified atom stereocenters. The summed E-state index contributed by atoms with van der Waals surface area (Å²) in [6.07, 6.45) is 5.44. The number of furan rings is 1. The fourth-order valence-corrected chi connectivity index (χ4v) is 4.19. The van der Waals surface area contributed by atoms with Crippen LogP contribution in [0.2, 0.25) is 0 Å². The molecular formula is C30H31NO6. The van der Waals surface area contributed by atoms with E-state index in [0.717, 1.165) is 12.0 Å². The molecule has 37 heavy (non-hydrogen) atoms. The van der Waals surface area contributed by atoms with Crippen LogP contribution in [0.5, 0.6) is 11.5 Å². The fourth-order valence-electron chi connectivity index (χ4n) is 4.19. The molecule has 1 N–H and O–H groups in total. The summed E-state index contributed by atoms with van der Waals surface area (Å²) in [5.41, 5.74) is 1.43. The molecule has 1 aliphatic heterocycles. The number of benzene rings is 2. The number of nitrogens with zero attached hydrogens (tertiary/aromatic N) is 1. The van der Waals surface area contributed by atoms with Gasteiger partial charge in [0.25, 0.3) is 5.91 Å². The van der Waals surface area contributed by atoms with Crippen molar-refractivity contribution in [1.29, 1.82) is 0 Å². The lowest BCUT2D eigenvalue weighted by atomic mass is 9.95. The van der Waals surface area contributed by atoms with Crippen molar-refractivity contribution >= 4 is 17.8 Å². The number of allylic oxidation sites excluding steroid dienone is 1. The van der Waals surface area contributed by atoms with Gasteiger partial charge < -0.3 is 23.9 Å². The highest BCUT2D eigenvalue weighted by Crippen LogP contribution is 2.42. The average Bonchev–Trinajstić information content (AvgIpc) is 3.50. The first-order valence-corrected chi connectivity index (χ1v) is 12.2. The van der Waals surface area contributed by atoms with Gasteiger partial charge in [-0.2, -0.15) is 0 Å². The smallest absolute Gasteiger partial charge is 0.290 e. The fraction of sp³-hybridized carbons (Fsp3) is 0.267. The number of amides is 1. The quantitative estimate of drug-likeness (QED) is 0.330. The Morgan fingerprint density at radius 2 is 1.89 bits per heavy atom. The maximum Gasteiger partial charge on any atom is 0.290 e. The summed E-state index contributed by atoms with van der Waals surface area (Å²) in [6.45, 7) is 4.86. The molecular weight excluding hydrogens is 470 g/mol. The number of ether oxygens (including phenoxy) is 2. The van der Waals surface area contributed by atoms with E-state index in [1.165, 1.54) is 24.3 Å². The van der Waals surface area contributed by atoms with E-state index >= 15 is 0 Å². The Hall–Kier alpha value is -4.26. The van der Waals surface area contributed by atoms with Crippen LogP contribution in [-0.4, -0.2) is 35.4 Å². The van der Waals surface area contributed by atoms with E-state index in [1.54, 1.807) is 36.4 Å². The van der Waals surface area contributed by atoms with Gasteiger partial charge in [0.15, 0.2) is 23.0 Å². The number of aliphatic hydroxyl groups excluding tert-OH is 1. The van der Waals surface area contributed by atoms with Crippen molar-refractivity contribution in [3.05, 3.63) is 101 Å². The molecule has 0 aliphatic carbocycles. The summed E-state index contributed by atoms with van der Waals surface area (Å²) in [6, 6.07) is 17.2. The maximum absolute atomic E-state index is 13.4. The van der Waals surface area contributed by atoms with Crippen molar-refractivity contribution in [3.63, 3.8) is 0 Å². The third kappa shape index (κ3) is 5.94. The molecule has 7 heteroatoms. The Morgan fingerprint density at radius 3 is 2.57 bits per heavy atom. The zero-order valence-corrected chi connectivity index (χ0v) is 21.2. The van der Waals surface area contributed by atoms with Crippen molar-refractivity contribution in [3.8, 4) is 11.5 Å². The van der Waals surface area contributed by atoms with Crippen LogP contribution in [-0.2, 0) is 16.1 Å². The van der Waals surface area contributed by atoms with Crippen LogP contribution >= 0.6 is 0 Å². The molecule has 1 amide bonds. The summed E-state index contributed by atoms with van der Waals surface area (Å²) in [5, 5.41) is 10.9. The van der Waals surface area contributed by atoms with Crippen molar-refractivity contribution in [1.82, 2.24) is 4.90 Å². The summed E-state index contributed by atoms with van der Waals surface area (Å²) in [4.78, 5) is 28.0. The lowest BCUT2D eigenvalue weighted by Crippen LogP contribution is -2.30. The number of carbonyl (C=O) groups is 2. The molecule has 1 atom stereocenters. The molecule has 2 aromatic carbocycles. The van der Waals surface area contributed by atoms with Crippen molar-refractivity contribution in [2.24, 2.45) is 5.92 Å². The third-order valence-corrected chi connectivity index (χ3v) is 6.16. The second-order valence-electron chi connectivity index (χ2n) is 9.23. The predicted octanol–water partition coefficient (Wildman–Crippen LogP) is 5.89. The van der Waals surface area contributed by atoms with E-state index in [-0.39, 0.29) is 12.1 Å².